The van der Waals surface area contributed by atoms with E-state index in [1.807, 2.05) is 47.3 Å². The molecule has 1 aliphatic carbocycles. The summed E-state index contributed by atoms with van der Waals surface area (Å²) in [6.45, 7) is 6.93. The van der Waals surface area contributed by atoms with Gasteiger partial charge >= 0.3 is 0 Å². The highest BCUT2D eigenvalue weighted by Crippen LogP contribution is 2.41. The molecule has 2 aliphatic rings. The van der Waals surface area contributed by atoms with Crippen LogP contribution in [-0.4, -0.2) is 40.3 Å². The quantitative estimate of drug-likeness (QED) is 0.682. The molecule has 1 amide bonds. The predicted molar refractivity (Wildman–Crippen MR) is 124 cm³/mol. The molecule has 0 fully saturated rings. The third-order valence-corrected chi connectivity index (χ3v) is 6.41. The summed E-state index contributed by atoms with van der Waals surface area (Å²) in [6, 6.07) is 18.2. The zero-order chi connectivity index (χ0) is 22.1. The van der Waals surface area contributed by atoms with Crippen molar-refractivity contribution in [3.05, 3.63) is 77.6 Å². The van der Waals surface area contributed by atoms with E-state index in [9.17, 15) is 4.79 Å². The number of rotatable bonds is 4. The van der Waals surface area contributed by atoms with Crippen molar-refractivity contribution in [3.63, 3.8) is 0 Å². The Morgan fingerprint density at radius 2 is 1.94 bits per heavy atom. The molecule has 166 valence electrons. The van der Waals surface area contributed by atoms with E-state index in [1.165, 1.54) is 5.69 Å². The Labute approximate surface area is 189 Å². The summed E-state index contributed by atoms with van der Waals surface area (Å²) in [5, 5.41) is 8.00. The molecule has 6 heteroatoms. The van der Waals surface area contributed by atoms with Gasteiger partial charge in [-0.1, -0.05) is 50.2 Å². The van der Waals surface area contributed by atoms with E-state index in [1.54, 1.807) is 0 Å². The van der Waals surface area contributed by atoms with Crippen molar-refractivity contribution in [2.75, 3.05) is 19.7 Å². The second-order valence-electron chi connectivity index (χ2n) is 9.63. The van der Waals surface area contributed by atoms with Gasteiger partial charge in [0.05, 0.1) is 30.2 Å². The Bertz CT molecular complexity index is 1110. The normalized spacial score (nSPS) is 19.9. The lowest BCUT2D eigenvalue weighted by Gasteiger charge is -2.36. The molecule has 1 atom stereocenters. The number of nitrogens with one attached hydrogen (secondary N) is 1. The lowest BCUT2D eigenvalue weighted by atomic mass is 9.74. The van der Waals surface area contributed by atoms with Gasteiger partial charge in [0, 0.05) is 24.2 Å². The van der Waals surface area contributed by atoms with Gasteiger partial charge in [0.2, 0.25) is 5.91 Å². The van der Waals surface area contributed by atoms with Gasteiger partial charge in [0.15, 0.2) is 0 Å². The molecule has 1 aromatic heterocycles. The first kappa shape index (κ1) is 20.8. The molecule has 0 radical (unpaired) electrons. The Morgan fingerprint density at radius 1 is 1.16 bits per heavy atom. The van der Waals surface area contributed by atoms with Crippen LogP contribution >= 0.6 is 0 Å². The molecular weight excluding hydrogens is 400 g/mol. The number of hydrogen-bond donors (Lipinski definition) is 1. The summed E-state index contributed by atoms with van der Waals surface area (Å²) in [7, 11) is 0. The van der Waals surface area contributed by atoms with E-state index in [2.05, 4.69) is 47.4 Å². The van der Waals surface area contributed by atoms with Crippen molar-refractivity contribution >= 4 is 5.91 Å². The van der Waals surface area contributed by atoms with E-state index in [0.717, 1.165) is 48.5 Å². The SMILES string of the molecule is CC1(C)Cc2c(cnn2-c2ccccc2)[C@@H](NC(=O)CN2CCOc3ccccc3C2)C1. The highest BCUT2D eigenvalue weighted by Gasteiger charge is 2.36. The first-order valence-corrected chi connectivity index (χ1v) is 11.3. The second kappa shape index (κ2) is 8.43. The monoisotopic (exact) mass is 430 g/mol. The van der Waals surface area contributed by atoms with Gasteiger partial charge < -0.3 is 10.1 Å². The number of nitrogens with zero attached hydrogens (tertiary/aromatic N) is 3. The molecule has 2 aromatic carbocycles. The number of para-hydroxylation sites is 2. The second-order valence-corrected chi connectivity index (χ2v) is 9.63. The molecule has 0 bridgehead atoms. The van der Waals surface area contributed by atoms with E-state index in [0.29, 0.717) is 13.2 Å². The molecule has 0 saturated heterocycles. The summed E-state index contributed by atoms with van der Waals surface area (Å²) in [4.78, 5) is 15.2. The smallest absolute Gasteiger partial charge is 0.234 e. The summed E-state index contributed by atoms with van der Waals surface area (Å²) in [5.74, 6) is 0.966. The first-order valence-electron chi connectivity index (χ1n) is 11.3. The van der Waals surface area contributed by atoms with Gasteiger partial charge in [-0.3, -0.25) is 9.69 Å². The summed E-state index contributed by atoms with van der Waals surface area (Å²) in [6.07, 6.45) is 3.76. The van der Waals surface area contributed by atoms with Crippen LogP contribution in [0.25, 0.3) is 5.69 Å². The van der Waals surface area contributed by atoms with Crippen LogP contribution in [0.4, 0.5) is 0 Å². The van der Waals surface area contributed by atoms with Crippen LogP contribution in [0.15, 0.2) is 60.8 Å². The minimum absolute atomic E-state index is 0.0331. The number of benzene rings is 2. The van der Waals surface area contributed by atoms with Gasteiger partial charge in [0.1, 0.15) is 12.4 Å². The Hall–Kier alpha value is -3.12. The molecular formula is C26H30N4O2. The number of aromatic nitrogens is 2. The van der Waals surface area contributed by atoms with Gasteiger partial charge in [-0.2, -0.15) is 5.10 Å². The minimum atomic E-state index is -0.0331. The number of fused-ring (bicyclic) bond motifs is 2. The van der Waals surface area contributed by atoms with Crippen molar-refractivity contribution in [2.45, 2.75) is 39.3 Å². The third kappa shape index (κ3) is 4.28. The average Bonchev–Trinajstić information content (AvgIpc) is 3.07. The van der Waals surface area contributed by atoms with Crippen LogP contribution in [0.2, 0.25) is 0 Å². The highest BCUT2D eigenvalue weighted by atomic mass is 16.5. The first-order chi connectivity index (χ1) is 15.5. The molecule has 0 saturated carbocycles. The highest BCUT2D eigenvalue weighted by molar-refractivity contribution is 5.78. The summed E-state index contributed by atoms with van der Waals surface area (Å²) >= 11 is 0. The number of carbonyl (C=O) groups excluding carboxylic acids is 1. The van der Waals surface area contributed by atoms with Crippen LogP contribution in [0.1, 0.15) is 43.1 Å². The number of hydrogen-bond acceptors (Lipinski definition) is 4. The maximum Gasteiger partial charge on any atom is 0.234 e. The Kier molecular flexibility index (Phi) is 5.47. The number of amides is 1. The Balaban J connectivity index is 1.32. The summed E-state index contributed by atoms with van der Waals surface area (Å²) < 4.78 is 7.87. The van der Waals surface area contributed by atoms with Crippen molar-refractivity contribution in [1.29, 1.82) is 0 Å². The molecule has 32 heavy (non-hydrogen) atoms. The van der Waals surface area contributed by atoms with Crippen LogP contribution < -0.4 is 10.1 Å². The Morgan fingerprint density at radius 3 is 2.78 bits per heavy atom. The molecule has 1 N–H and O–H groups in total. The van der Waals surface area contributed by atoms with Gasteiger partial charge in [-0.15, -0.1) is 0 Å². The zero-order valence-electron chi connectivity index (χ0n) is 18.8. The molecule has 6 nitrogen and oxygen atoms in total. The summed E-state index contributed by atoms with van der Waals surface area (Å²) in [5.41, 5.74) is 4.58. The fourth-order valence-electron chi connectivity index (χ4n) is 4.92. The van der Waals surface area contributed by atoms with Gasteiger partial charge in [-0.05, 0) is 36.5 Å². The van der Waals surface area contributed by atoms with Crippen molar-refractivity contribution in [2.24, 2.45) is 5.41 Å². The zero-order valence-corrected chi connectivity index (χ0v) is 18.8. The van der Waals surface area contributed by atoms with Crippen molar-refractivity contribution < 1.29 is 9.53 Å². The molecule has 1 aliphatic heterocycles. The largest absolute Gasteiger partial charge is 0.492 e. The van der Waals surface area contributed by atoms with E-state index >= 15 is 0 Å². The molecule has 0 unspecified atom stereocenters. The van der Waals surface area contributed by atoms with E-state index in [4.69, 9.17) is 4.74 Å². The predicted octanol–water partition coefficient (Wildman–Crippen LogP) is 3.90. The maximum absolute atomic E-state index is 13.1. The average molecular weight is 431 g/mol. The topological polar surface area (TPSA) is 59.4 Å². The minimum Gasteiger partial charge on any atom is -0.492 e. The standard InChI is InChI=1S/C26H30N4O2/c1-26(2)14-22(21-16-27-30(23(21)15-26)20-9-4-3-5-10-20)28-25(31)18-29-12-13-32-24-11-7-6-8-19(24)17-29/h3-11,16,22H,12-15,17-18H2,1-2H3,(H,28,31)/t22-/m0/s1. The fraction of sp³-hybridized carbons (Fsp3) is 0.385. The lowest BCUT2D eigenvalue weighted by molar-refractivity contribution is -0.123. The maximum atomic E-state index is 13.1. The van der Waals surface area contributed by atoms with E-state index in [-0.39, 0.29) is 17.4 Å². The molecule has 5 rings (SSSR count). The van der Waals surface area contributed by atoms with Crippen LogP contribution in [0.5, 0.6) is 5.75 Å². The third-order valence-electron chi connectivity index (χ3n) is 6.41. The molecule has 3 aromatic rings. The number of carbonyl (C=O) groups is 1. The van der Waals surface area contributed by atoms with Gasteiger partial charge in [-0.25, -0.2) is 4.68 Å². The van der Waals surface area contributed by atoms with Crippen LogP contribution in [-0.2, 0) is 17.8 Å². The number of ether oxygens (including phenoxy) is 1. The van der Waals surface area contributed by atoms with Crippen LogP contribution in [0.3, 0.4) is 0 Å². The molecule has 2 heterocycles. The van der Waals surface area contributed by atoms with Crippen molar-refractivity contribution in [1.82, 2.24) is 20.0 Å². The van der Waals surface area contributed by atoms with Crippen molar-refractivity contribution in [3.8, 4) is 11.4 Å². The molecule has 0 spiro atoms. The van der Waals surface area contributed by atoms with E-state index < -0.39 is 0 Å². The fourth-order valence-corrected chi connectivity index (χ4v) is 4.92. The van der Waals surface area contributed by atoms with Crippen LogP contribution in [0, 0.1) is 5.41 Å². The lowest BCUT2D eigenvalue weighted by Crippen LogP contribution is -2.42. The van der Waals surface area contributed by atoms with Gasteiger partial charge in [0.25, 0.3) is 0 Å².